The van der Waals surface area contributed by atoms with Crippen LogP contribution in [0.3, 0.4) is 0 Å². The molecule has 21 heavy (non-hydrogen) atoms. The van der Waals surface area contributed by atoms with Gasteiger partial charge in [-0.05, 0) is 24.0 Å². The predicted molar refractivity (Wildman–Crippen MR) is 87.9 cm³/mol. The maximum absolute atomic E-state index is 11.8. The van der Waals surface area contributed by atoms with Gasteiger partial charge in [-0.15, -0.1) is 11.3 Å². The summed E-state index contributed by atoms with van der Waals surface area (Å²) in [6.07, 6.45) is 3.09. The number of benzene rings is 1. The standard InChI is InChI=1S/C15H18N2O2S2/c1-20-10-15-17-12(9-21-15)5-6-16-14(19)8-11-3-2-4-13(18)7-11/h2-4,7,9,18H,5-6,8,10H2,1H3,(H,16,19). The highest BCUT2D eigenvalue weighted by Gasteiger charge is 2.05. The van der Waals surface area contributed by atoms with Gasteiger partial charge in [0.1, 0.15) is 10.8 Å². The van der Waals surface area contributed by atoms with E-state index in [9.17, 15) is 9.90 Å². The number of aromatic nitrogens is 1. The van der Waals surface area contributed by atoms with Gasteiger partial charge >= 0.3 is 0 Å². The number of aromatic hydroxyl groups is 1. The van der Waals surface area contributed by atoms with Crippen molar-refractivity contribution in [2.24, 2.45) is 0 Å². The summed E-state index contributed by atoms with van der Waals surface area (Å²) in [6.45, 7) is 0.583. The molecule has 1 aromatic heterocycles. The number of nitrogens with one attached hydrogen (secondary N) is 1. The van der Waals surface area contributed by atoms with E-state index in [2.05, 4.69) is 16.6 Å². The minimum atomic E-state index is -0.0415. The Morgan fingerprint density at radius 1 is 1.48 bits per heavy atom. The zero-order valence-corrected chi connectivity index (χ0v) is 13.5. The van der Waals surface area contributed by atoms with E-state index in [1.54, 1.807) is 41.3 Å². The third-order valence-electron chi connectivity index (χ3n) is 2.85. The van der Waals surface area contributed by atoms with Crippen LogP contribution in [-0.4, -0.2) is 28.8 Å². The van der Waals surface area contributed by atoms with Crippen molar-refractivity contribution < 1.29 is 9.90 Å². The number of thioether (sulfide) groups is 1. The van der Waals surface area contributed by atoms with E-state index in [1.165, 1.54) is 0 Å². The molecule has 0 aliphatic carbocycles. The first kappa shape index (κ1) is 15.9. The van der Waals surface area contributed by atoms with E-state index in [-0.39, 0.29) is 18.1 Å². The molecule has 4 nitrogen and oxygen atoms in total. The topological polar surface area (TPSA) is 62.2 Å². The zero-order chi connectivity index (χ0) is 15.1. The molecule has 0 fully saturated rings. The number of phenols is 1. The number of phenolic OH excluding ortho intramolecular Hbond substituents is 1. The number of amides is 1. The van der Waals surface area contributed by atoms with Gasteiger partial charge in [-0.3, -0.25) is 4.79 Å². The Bertz CT molecular complexity index is 599. The molecule has 1 amide bonds. The van der Waals surface area contributed by atoms with Crippen LogP contribution in [0.25, 0.3) is 0 Å². The first-order valence-corrected chi connectivity index (χ1v) is 8.91. The lowest BCUT2D eigenvalue weighted by molar-refractivity contribution is -0.120. The van der Waals surface area contributed by atoms with Crippen molar-refractivity contribution in [1.29, 1.82) is 0 Å². The van der Waals surface area contributed by atoms with Crippen LogP contribution < -0.4 is 5.32 Å². The molecule has 2 aromatic rings. The van der Waals surface area contributed by atoms with Crippen molar-refractivity contribution in [3.8, 4) is 5.75 Å². The fraction of sp³-hybridized carbons (Fsp3) is 0.333. The Morgan fingerprint density at radius 2 is 2.33 bits per heavy atom. The maximum Gasteiger partial charge on any atom is 0.224 e. The first-order chi connectivity index (χ1) is 10.2. The fourth-order valence-electron chi connectivity index (χ4n) is 1.90. The quantitative estimate of drug-likeness (QED) is 0.822. The van der Waals surface area contributed by atoms with Crippen LogP contribution >= 0.6 is 23.1 Å². The van der Waals surface area contributed by atoms with Gasteiger partial charge in [0, 0.05) is 24.1 Å². The maximum atomic E-state index is 11.8. The Morgan fingerprint density at radius 3 is 3.10 bits per heavy atom. The van der Waals surface area contributed by atoms with Gasteiger partial charge < -0.3 is 10.4 Å². The van der Waals surface area contributed by atoms with Crippen LogP contribution in [0.1, 0.15) is 16.3 Å². The molecular formula is C15H18N2O2S2. The average Bonchev–Trinajstić information content (AvgIpc) is 2.87. The van der Waals surface area contributed by atoms with Crippen molar-refractivity contribution in [1.82, 2.24) is 10.3 Å². The number of carbonyl (C=O) groups excluding carboxylic acids is 1. The zero-order valence-electron chi connectivity index (χ0n) is 11.8. The molecule has 0 saturated heterocycles. The molecule has 0 saturated carbocycles. The normalized spacial score (nSPS) is 10.5. The molecule has 0 bridgehead atoms. The third-order valence-corrected chi connectivity index (χ3v) is 4.49. The number of hydrogen-bond acceptors (Lipinski definition) is 5. The molecule has 0 aliphatic rings. The molecule has 0 radical (unpaired) electrons. The van der Waals surface area contributed by atoms with Crippen molar-refractivity contribution in [2.75, 3.05) is 12.8 Å². The Balaban J connectivity index is 1.73. The highest BCUT2D eigenvalue weighted by atomic mass is 32.2. The molecule has 0 atom stereocenters. The van der Waals surface area contributed by atoms with E-state index in [4.69, 9.17) is 0 Å². The second kappa shape index (κ2) is 8.05. The predicted octanol–water partition coefficient (Wildman–Crippen LogP) is 2.61. The third kappa shape index (κ3) is 5.40. The summed E-state index contributed by atoms with van der Waals surface area (Å²) < 4.78 is 0. The lowest BCUT2D eigenvalue weighted by atomic mass is 10.1. The van der Waals surface area contributed by atoms with Crippen LogP contribution in [0.4, 0.5) is 0 Å². The van der Waals surface area contributed by atoms with Gasteiger partial charge in [0.2, 0.25) is 5.91 Å². The SMILES string of the molecule is CSCc1nc(CCNC(=O)Cc2cccc(O)c2)cs1. The van der Waals surface area contributed by atoms with Gasteiger partial charge in [0.25, 0.3) is 0 Å². The Hall–Kier alpha value is -1.53. The Labute approximate surface area is 132 Å². The lowest BCUT2D eigenvalue weighted by Crippen LogP contribution is -2.27. The smallest absolute Gasteiger partial charge is 0.224 e. The molecule has 1 aromatic carbocycles. The van der Waals surface area contributed by atoms with Gasteiger partial charge in [0.05, 0.1) is 12.1 Å². The Kier molecular flexibility index (Phi) is 6.07. The van der Waals surface area contributed by atoms with Gasteiger partial charge in [-0.25, -0.2) is 4.98 Å². The second-order valence-electron chi connectivity index (χ2n) is 4.61. The number of nitrogens with zero attached hydrogens (tertiary/aromatic N) is 1. The van der Waals surface area contributed by atoms with Crippen LogP contribution in [-0.2, 0) is 23.4 Å². The van der Waals surface area contributed by atoms with E-state index < -0.39 is 0 Å². The molecule has 1 heterocycles. The van der Waals surface area contributed by atoms with Crippen molar-refractivity contribution in [3.05, 3.63) is 45.9 Å². The van der Waals surface area contributed by atoms with Gasteiger partial charge in [0.15, 0.2) is 0 Å². The van der Waals surface area contributed by atoms with Crippen LogP contribution in [0, 0.1) is 0 Å². The van der Waals surface area contributed by atoms with Crippen LogP contribution in [0.15, 0.2) is 29.6 Å². The highest BCUT2D eigenvalue weighted by Crippen LogP contribution is 2.15. The summed E-state index contributed by atoms with van der Waals surface area (Å²) in [5, 5.41) is 15.4. The molecule has 0 unspecified atom stereocenters. The van der Waals surface area contributed by atoms with Crippen molar-refractivity contribution >= 4 is 29.0 Å². The number of thiazole rings is 1. The molecule has 6 heteroatoms. The highest BCUT2D eigenvalue weighted by molar-refractivity contribution is 7.97. The monoisotopic (exact) mass is 322 g/mol. The molecular weight excluding hydrogens is 304 g/mol. The fourth-order valence-corrected chi connectivity index (χ4v) is 3.45. The van der Waals surface area contributed by atoms with Crippen molar-refractivity contribution in [3.63, 3.8) is 0 Å². The summed E-state index contributed by atoms with van der Waals surface area (Å²) in [7, 11) is 0. The average molecular weight is 322 g/mol. The van der Waals surface area contributed by atoms with Crippen LogP contribution in [0.5, 0.6) is 5.75 Å². The number of carbonyl (C=O) groups is 1. The van der Waals surface area contributed by atoms with E-state index >= 15 is 0 Å². The second-order valence-corrected chi connectivity index (χ2v) is 6.42. The number of rotatable bonds is 7. The van der Waals surface area contributed by atoms with Crippen LogP contribution in [0.2, 0.25) is 0 Å². The molecule has 0 spiro atoms. The minimum absolute atomic E-state index is 0.0415. The molecule has 2 N–H and O–H groups in total. The van der Waals surface area contributed by atoms with Gasteiger partial charge in [-0.1, -0.05) is 12.1 Å². The summed E-state index contributed by atoms with van der Waals surface area (Å²) >= 11 is 3.42. The number of hydrogen-bond donors (Lipinski definition) is 2. The largest absolute Gasteiger partial charge is 0.508 e. The summed E-state index contributed by atoms with van der Waals surface area (Å²) in [5.41, 5.74) is 1.84. The van der Waals surface area contributed by atoms with E-state index in [0.717, 1.165) is 28.4 Å². The molecule has 2 rings (SSSR count). The molecule has 0 aliphatic heterocycles. The molecule has 112 valence electrons. The van der Waals surface area contributed by atoms with E-state index in [0.29, 0.717) is 6.54 Å². The lowest BCUT2D eigenvalue weighted by Gasteiger charge is -2.04. The minimum Gasteiger partial charge on any atom is -0.508 e. The van der Waals surface area contributed by atoms with Crippen molar-refractivity contribution in [2.45, 2.75) is 18.6 Å². The summed E-state index contributed by atoms with van der Waals surface area (Å²) in [6, 6.07) is 6.76. The van der Waals surface area contributed by atoms with E-state index in [1.807, 2.05) is 11.4 Å². The summed E-state index contributed by atoms with van der Waals surface area (Å²) in [5.74, 6) is 1.08. The first-order valence-electron chi connectivity index (χ1n) is 6.64. The summed E-state index contributed by atoms with van der Waals surface area (Å²) in [4.78, 5) is 16.3. The van der Waals surface area contributed by atoms with Gasteiger partial charge in [-0.2, -0.15) is 11.8 Å².